The van der Waals surface area contributed by atoms with Crippen molar-refractivity contribution in [2.24, 2.45) is 0 Å². The number of carboxylic acid groups (broad SMARTS) is 1. The molecule has 4 nitrogen and oxygen atoms in total. The Bertz CT molecular complexity index is 486. The number of carbonyl (C=O) groups excluding carboxylic acids is 1. The van der Waals surface area contributed by atoms with Gasteiger partial charge >= 0.3 is 5.97 Å². The zero-order valence-corrected chi connectivity index (χ0v) is 10.8. The van der Waals surface area contributed by atoms with E-state index in [0.29, 0.717) is 15.6 Å². The van der Waals surface area contributed by atoms with Crippen LogP contribution in [-0.2, 0) is 9.59 Å². The largest absolute Gasteiger partial charge is 0.481 e. The van der Waals surface area contributed by atoms with Gasteiger partial charge in [-0.15, -0.1) is 0 Å². The van der Waals surface area contributed by atoms with E-state index in [1.807, 2.05) is 0 Å². The van der Waals surface area contributed by atoms with E-state index in [4.69, 9.17) is 28.3 Å². The molecule has 0 aliphatic heterocycles. The molecular formula is C12H11Cl2NO3. The van der Waals surface area contributed by atoms with Gasteiger partial charge in [-0.2, -0.15) is 0 Å². The van der Waals surface area contributed by atoms with Crippen LogP contribution in [0.5, 0.6) is 0 Å². The predicted molar refractivity (Wildman–Crippen MR) is 70.8 cm³/mol. The van der Waals surface area contributed by atoms with E-state index in [1.54, 1.807) is 18.2 Å². The summed E-state index contributed by atoms with van der Waals surface area (Å²) in [5.74, 6) is -1.33. The zero-order valence-electron chi connectivity index (χ0n) is 9.32. The maximum atomic E-state index is 11.3. The normalized spacial score (nSPS) is 10.6. The molecule has 0 unspecified atom stereocenters. The van der Waals surface area contributed by atoms with Gasteiger partial charge in [0.05, 0.1) is 6.42 Å². The fraction of sp³-hybridized carbons (Fsp3) is 0.167. The number of nitrogens with one attached hydrogen (secondary N) is 1. The first-order chi connectivity index (χ1) is 8.49. The minimum atomic E-state index is -0.958. The SMILES string of the molecule is O=C(O)CCNC(=O)/C=C/c1ccc(Cl)cc1Cl. The molecule has 0 heterocycles. The molecule has 1 amide bonds. The van der Waals surface area contributed by atoms with E-state index in [0.717, 1.165) is 0 Å². The number of hydrogen-bond acceptors (Lipinski definition) is 2. The lowest BCUT2D eigenvalue weighted by Gasteiger charge is -2.00. The fourth-order valence-electron chi connectivity index (χ4n) is 1.15. The molecule has 0 saturated heterocycles. The molecule has 1 aromatic carbocycles. The van der Waals surface area contributed by atoms with Crippen LogP contribution in [0.25, 0.3) is 6.08 Å². The van der Waals surface area contributed by atoms with Crippen LogP contribution in [0.2, 0.25) is 10.0 Å². The molecule has 18 heavy (non-hydrogen) atoms. The van der Waals surface area contributed by atoms with Crippen LogP contribution in [0, 0.1) is 0 Å². The van der Waals surface area contributed by atoms with Gasteiger partial charge in [0.2, 0.25) is 5.91 Å². The Morgan fingerprint density at radius 2 is 2.06 bits per heavy atom. The summed E-state index contributed by atoms with van der Waals surface area (Å²) in [7, 11) is 0. The van der Waals surface area contributed by atoms with Crippen molar-refractivity contribution in [1.82, 2.24) is 5.32 Å². The predicted octanol–water partition coefficient (Wildman–Crippen LogP) is 2.60. The third-order valence-corrected chi connectivity index (χ3v) is 2.58. The van der Waals surface area contributed by atoms with Crippen LogP contribution in [0.1, 0.15) is 12.0 Å². The lowest BCUT2D eigenvalue weighted by atomic mass is 10.2. The van der Waals surface area contributed by atoms with Crippen molar-refractivity contribution in [2.45, 2.75) is 6.42 Å². The van der Waals surface area contributed by atoms with Crippen LogP contribution < -0.4 is 5.32 Å². The van der Waals surface area contributed by atoms with Gasteiger partial charge in [-0.25, -0.2) is 0 Å². The molecular weight excluding hydrogens is 277 g/mol. The van der Waals surface area contributed by atoms with Gasteiger partial charge in [-0.05, 0) is 23.8 Å². The monoisotopic (exact) mass is 287 g/mol. The number of amides is 1. The van der Waals surface area contributed by atoms with Crippen LogP contribution in [-0.4, -0.2) is 23.5 Å². The van der Waals surface area contributed by atoms with Gasteiger partial charge in [0, 0.05) is 22.7 Å². The second kappa shape index (κ2) is 7.03. The second-order valence-electron chi connectivity index (χ2n) is 3.43. The van der Waals surface area contributed by atoms with E-state index in [9.17, 15) is 9.59 Å². The highest BCUT2D eigenvalue weighted by Gasteiger charge is 2.00. The first-order valence-corrected chi connectivity index (χ1v) is 5.87. The van der Waals surface area contributed by atoms with E-state index < -0.39 is 5.97 Å². The molecule has 6 heteroatoms. The fourth-order valence-corrected chi connectivity index (χ4v) is 1.63. The molecule has 0 aliphatic carbocycles. The lowest BCUT2D eigenvalue weighted by Crippen LogP contribution is -2.23. The Kier molecular flexibility index (Phi) is 5.68. The number of halogens is 2. The van der Waals surface area contributed by atoms with Crippen LogP contribution in [0.3, 0.4) is 0 Å². The molecule has 96 valence electrons. The Morgan fingerprint density at radius 1 is 1.33 bits per heavy atom. The zero-order chi connectivity index (χ0) is 13.5. The summed E-state index contributed by atoms with van der Waals surface area (Å²) in [5, 5.41) is 11.8. The van der Waals surface area contributed by atoms with E-state index >= 15 is 0 Å². The van der Waals surface area contributed by atoms with Crippen LogP contribution in [0.15, 0.2) is 24.3 Å². The number of rotatable bonds is 5. The van der Waals surface area contributed by atoms with Crippen molar-refractivity contribution in [3.8, 4) is 0 Å². The maximum Gasteiger partial charge on any atom is 0.305 e. The van der Waals surface area contributed by atoms with Crippen molar-refractivity contribution in [2.75, 3.05) is 6.54 Å². The van der Waals surface area contributed by atoms with Gasteiger partial charge in [0.1, 0.15) is 0 Å². The summed E-state index contributed by atoms with van der Waals surface area (Å²) >= 11 is 11.6. The summed E-state index contributed by atoms with van der Waals surface area (Å²) in [4.78, 5) is 21.6. The Hall–Kier alpha value is -1.52. The summed E-state index contributed by atoms with van der Waals surface area (Å²) in [6, 6.07) is 4.92. The van der Waals surface area contributed by atoms with Gasteiger partial charge in [-0.1, -0.05) is 29.3 Å². The van der Waals surface area contributed by atoms with Crippen molar-refractivity contribution in [1.29, 1.82) is 0 Å². The van der Waals surface area contributed by atoms with Gasteiger partial charge in [-0.3, -0.25) is 9.59 Å². The van der Waals surface area contributed by atoms with Crippen LogP contribution >= 0.6 is 23.2 Å². The first-order valence-electron chi connectivity index (χ1n) is 5.12. The number of carboxylic acids is 1. The maximum absolute atomic E-state index is 11.3. The van der Waals surface area contributed by atoms with Gasteiger partial charge < -0.3 is 10.4 Å². The molecule has 0 spiro atoms. The average Bonchev–Trinajstić information content (AvgIpc) is 2.27. The molecule has 0 fully saturated rings. The highest BCUT2D eigenvalue weighted by molar-refractivity contribution is 6.35. The Labute approximate surface area is 114 Å². The summed E-state index contributed by atoms with van der Waals surface area (Å²) in [6.07, 6.45) is 2.72. The van der Waals surface area contributed by atoms with Gasteiger partial charge in [0.25, 0.3) is 0 Å². The molecule has 0 saturated carbocycles. The molecule has 0 radical (unpaired) electrons. The number of aliphatic carboxylic acids is 1. The van der Waals surface area contributed by atoms with Crippen LogP contribution in [0.4, 0.5) is 0 Å². The minimum Gasteiger partial charge on any atom is -0.481 e. The molecule has 0 aromatic heterocycles. The van der Waals surface area contributed by atoms with E-state index in [1.165, 1.54) is 12.2 Å². The molecule has 1 rings (SSSR count). The third kappa shape index (κ3) is 5.21. The molecule has 0 aliphatic rings. The molecule has 1 aromatic rings. The quantitative estimate of drug-likeness (QED) is 0.818. The number of carbonyl (C=O) groups is 2. The first kappa shape index (κ1) is 14.5. The third-order valence-electron chi connectivity index (χ3n) is 2.01. The molecule has 2 N–H and O–H groups in total. The standard InChI is InChI=1S/C12H11Cl2NO3/c13-9-3-1-8(10(14)7-9)2-4-11(16)15-6-5-12(17)18/h1-4,7H,5-6H2,(H,15,16)(H,17,18)/b4-2+. The Morgan fingerprint density at radius 3 is 2.67 bits per heavy atom. The van der Waals surface area contributed by atoms with Gasteiger partial charge in [0.15, 0.2) is 0 Å². The number of hydrogen-bond donors (Lipinski definition) is 2. The Balaban J connectivity index is 2.53. The smallest absolute Gasteiger partial charge is 0.305 e. The second-order valence-corrected chi connectivity index (χ2v) is 4.28. The van der Waals surface area contributed by atoms with Crippen molar-refractivity contribution in [3.05, 3.63) is 39.9 Å². The highest BCUT2D eigenvalue weighted by Crippen LogP contribution is 2.21. The molecule has 0 bridgehead atoms. The highest BCUT2D eigenvalue weighted by atomic mass is 35.5. The summed E-state index contributed by atoms with van der Waals surface area (Å²) in [5.41, 5.74) is 0.662. The minimum absolute atomic E-state index is 0.0901. The van der Waals surface area contributed by atoms with Crippen molar-refractivity contribution < 1.29 is 14.7 Å². The lowest BCUT2D eigenvalue weighted by molar-refractivity contribution is -0.136. The number of benzene rings is 1. The topological polar surface area (TPSA) is 66.4 Å². The average molecular weight is 288 g/mol. The van der Waals surface area contributed by atoms with Crippen molar-refractivity contribution >= 4 is 41.2 Å². The molecule has 0 atom stereocenters. The summed E-state index contributed by atoms with van der Waals surface area (Å²) in [6.45, 7) is 0.0901. The van der Waals surface area contributed by atoms with Crippen molar-refractivity contribution in [3.63, 3.8) is 0 Å². The van der Waals surface area contributed by atoms with E-state index in [2.05, 4.69) is 5.32 Å². The van der Waals surface area contributed by atoms with E-state index in [-0.39, 0.29) is 18.9 Å². The summed E-state index contributed by atoms with van der Waals surface area (Å²) < 4.78 is 0.